The SMILES string of the molecule is CC(C)(C)OC(=O)NC(CC(=O)O)C1CC(F)(F)C1. The normalized spacial score (nSPS) is 20.3. The number of aliphatic carboxylic acids is 1. The Bertz CT molecular complexity index is 357. The van der Waals surface area contributed by atoms with Crippen LogP contribution in [0.3, 0.4) is 0 Å². The van der Waals surface area contributed by atoms with Gasteiger partial charge in [-0.1, -0.05) is 0 Å². The zero-order valence-electron chi connectivity index (χ0n) is 11.2. The molecule has 1 atom stereocenters. The fourth-order valence-electron chi connectivity index (χ4n) is 1.97. The lowest BCUT2D eigenvalue weighted by Gasteiger charge is -2.39. The maximum absolute atomic E-state index is 12.8. The van der Waals surface area contributed by atoms with Crippen LogP contribution in [0.4, 0.5) is 13.6 Å². The van der Waals surface area contributed by atoms with Crippen molar-refractivity contribution in [3.8, 4) is 0 Å². The first-order valence-corrected chi connectivity index (χ1v) is 6.08. The molecule has 1 saturated carbocycles. The number of alkyl halides is 2. The molecular formula is C12H19F2NO4. The van der Waals surface area contributed by atoms with Gasteiger partial charge in [-0.2, -0.15) is 0 Å². The molecule has 0 spiro atoms. The first kappa shape index (κ1) is 15.7. The molecule has 0 aromatic rings. The van der Waals surface area contributed by atoms with E-state index in [0.717, 1.165) is 0 Å². The van der Waals surface area contributed by atoms with Gasteiger partial charge in [0.05, 0.1) is 6.42 Å². The van der Waals surface area contributed by atoms with E-state index in [2.05, 4.69) is 5.32 Å². The lowest BCUT2D eigenvalue weighted by Crippen LogP contribution is -2.51. The molecule has 5 nitrogen and oxygen atoms in total. The molecule has 0 bridgehead atoms. The Labute approximate surface area is 110 Å². The summed E-state index contributed by atoms with van der Waals surface area (Å²) in [6.45, 7) is 4.99. The van der Waals surface area contributed by atoms with E-state index in [1.54, 1.807) is 20.8 Å². The topological polar surface area (TPSA) is 75.6 Å². The van der Waals surface area contributed by atoms with Crippen LogP contribution in [0.5, 0.6) is 0 Å². The molecule has 0 radical (unpaired) electrons. The standard InChI is InChI=1S/C12H19F2NO4/c1-11(2,3)19-10(18)15-8(4-9(16)17)7-5-12(13,14)6-7/h7-8H,4-6H2,1-3H3,(H,15,18)(H,16,17). The fourth-order valence-corrected chi connectivity index (χ4v) is 1.97. The van der Waals surface area contributed by atoms with Gasteiger partial charge in [0.2, 0.25) is 5.92 Å². The van der Waals surface area contributed by atoms with Crippen molar-refractivity contribution in [2.24, 2.45) is 5.92 Å². The lowest BCUT2D eigenvalue weighted by molar-refractivity contribution is -0.143. The molecule has 2 N–H and O–H groups in total. The van der Waals surface area contributed by atoms with Crippen LogP contribution in [0.15, 0.2) is 0 Å². The Morgan fingerprint density at radius 3 is 2.32 bits per heavy atom. The largest absolute Gasteiger partial charge is 0.481 e. The van der Waals surface area contributed by atoms with Crippen molar-refractivity contribution in [1.29, 1.82) is 0 Å². The summed E-state index contributed by atoms with van der Waals surface area (Å²) in [7, 11) is 0. The number of nitrogens with one attached hydrogen (secondary N) is 1. The van der Waals surface area contributed by atoms with Gasteiger partial charge in [-0.15, -0.1) is 0 Å². The van der Waals surface area contributed by atoms with Crippen LogP contribution in [-0.4, -0.2) is 34.7 Å². The van der Waals surface area contributed by atoms with Gasteiger partial charge in [0, 0.05) is 18.9 Å². The molecule has 0 saturated heterocycles. The Kier molecular flexibility index (Phi) is 4.37. The number of ether oxygens (including phenoxy) is 1. The number of carbonyl (C=O) groups excluding carboxylic acids is 1. The number of hydrogen-bond acceptors (Lipinski definition) is 3. The van der Waals surface area contributed by atoms with E-state index in [0.29, 0.717) is 0 Å². The van der Waals surface area contributed by atoms with E-state index in [4.69, 9.17) is 9.84 Å². The smallest absolute Gasteiger partial charge is 0.407 e. The highest BCUT2D eigenvalue weighted by Crippen LogP contribution is 2.44. The Hall–Kier alpha value is -1.40. The fraction of sp³-hybridized carbons (Fsp3) is 0.833. The van der Waals surface area contributed by atoms with Crippen molar-refractivity contribution in [3.05, 3.63) is 0 Å². The average molecular weight is 279 g/mol. The summed E-state index contributed by atoms with van der Waals surface area (Å²) in [4.78, 5) is 22.2. The summed E-state index contributed by atoms with van der Waals surface area (Å²) < 4.78 is 30.6. The molecule has 0 aromatic heterocycles. The highest BCUT2D eigenvalue weighted by Gasteiger charge is 2.49. The van der Waals surface area contributed by atoms with Gasteiger partial charge in [-0.25, -0.2) is 13.6 Å². The third kappa shape index (κ3) is 5.40. The van der Waals surface area contributed by atoms with Gasteiger partial charge in [-0.05, 0) is 26.7 Å². The predicted molar refractivity (Wildman–Crippen MR) is 63.1 cm³/mol. The predicted octanol–water partition coefficient (Wildman–Crippen LogP) is 2.40. The second-order valence-electron chi connectivity index (χ2n) is 5.87. The second kappa shape index (κ2) is 5.30. The number of alkyl carbamates (subject to hydrolysis) is 1. The van der Waals surface area contributed by atoms with Gasteiger partial charge >= 0.3 is 12.1 Å². The summed E-state index contributed by atoms with van der Waals surface area (Å²) in [5.41, 5.74) is -0.721. The lowest BCUT2D eigenvalue weighted by atomic mass is 9.75. The van der Waals surface area contributed by atoms with Gasteiger partial charge < -0.3 is 15.2 Å². The Morgan fingerprint density at radius 2 is 1.95 bits per heavy atom. The third-order valence-corrected chi connectivity index (χ3v) is 2.79. The maximum atomic E-state index is 12.8. The molecule has 1 aliphatic carbocycles. The van der Waals surface area contributed by atoms with E-state index in [1.807, 2.05) is 0 Å². The number of carboxylic acids is 1. The molecule has 0 aromatic carbocycles. The van der Waals surface area contributed by atoms with Crippen molar-refractivity contribution >= 4 is 12.1 Å². The molecule has 1 amide bonds. The molecule has 1 unspecified atom stereocenters. The first-order chi connectivity index (χ1) is 8.48. The molecule has 0 heterocycles. The average Bonchev–Trinajstić information content (AvgIpc) is 2.08. The number of halogens is 2. The molecule has 7 heteroatoms. The van der Waals surface area contributed by atoms with Crippen LogP contribution in [0.2, 0.25) is 0 Å². The van der Waals surface area contributed by atoms with Crippen molar-refractivity contribution in [1.82, 2.24) is 5.32 Å². The van der Waals surface area contributed by atoms with E-state index in [1.165, 1.54) is 0 Å². The molecule has 19 heavy (non-hydrogen) atoms. The van der Waals surface area contributed by atoms with E-state index in [-0.39, 0.29) is 6.42 Å². The van der Waals surface area contributed by atoms with Crippen LogP contribution in [0, 0.1) is 5.92 Å². The number of hydrogen-bond donors (Lipinski definition) is 2. The summed E-state index contributed by atoms with van der Waals surface area (Å²) in [6, 6.07) is -0.827. The van der Waals surface area contributed by atoms with Crippen molar-refractivity contribution in [2.45, 2.75) is 57.6 Å². The molecule has 1 aliphatic rings. The zero-order valence-corrected chi connectivity index (χ0v) is 11.2. The molecular weight excluding hydrogens is 260 g/mol. The summed E-state index contributed by atoms with van der Waals surface area (Å²) in [6.07, 6.45) is -1.98. The maximum Gasteiger partial charge on any atom is 0.407 e. The summed E-state index contributed by atoms with van der Waals surface area (Å²) in [5, 5.41) is 11.1. The first-order valence-electron chi connectivity index (χ1n) is 6.08. The van der Waals surface area contributed by atoms with E-state index in [9.17, 15) is 18.4 Å². The van der Waals surface area contributed by atoms with E-state index < -0.39 is 48.4 Å². The molecule has 110 valence electrons. The van der Waals surface area contributed by atoms with Gasteiger partial charge in [0.15, 0.2) is 0 Å². The number of carbonyl (C=O) groups is 2. The van der Waals surface area contributed by atoms with Crippen molar-refractivity contribution in [2.75, 3.05) is 0 Å². The van der Waals surface area contributed by atoms with E-state index >= 15 is 0 Å². The van der Waals surface area contributed by atoms with Crippen LogP contribution in [-0.2, 0) is 9.53 Å². The number of rotatable bonds is 4. The van der Waals surface area contributed by atoms with Crippen molar-refractivity contribution < 1.29 is 28.2 Å². The zero-order chi connectivity index (χ0) is 14.8. The Balaban J connectivity index is 2.56. The van der Waals surface area contributed by atoms with Gasteiger partial charge in [0.1, 0.15) is 5.60 Å². The molecule has 1 rings (SSSR count). The summed E-state index contributed by atoms with van der Waals surface area (Å²) >= 11 is 0. The van der Waals surface area contributed by atoms with Gasteiger partial charge in [0.25, 0.3) is 0 Å². The molecule has 1 fully saturated rings. The molecule has 0 aliphatic heterocycles. The van der Waals surface area contributed by atoms with Gasteiger partial charge in [-0.3, -0.25) is 4.79 Å². The number of amides is 1. The minimum atomic E-state index is -2.75. The highest BCUT2D eigenvalue weighted by atomic mass is 19.3. The third-order valence-electron chi connectivity index (χ3n) is 2.79. The van der Waals surface area contributed by atoms with Crippen molar-refractivity contribution in [3.63, 3.8) is 0 Å². The minimum absolute atomic E-state index is 0.389. The van der Waals surface area contributed by atoms with Crippen LogP contribution < -0.4 is 5.32 Å². The second-order valence-corrected chi connectivity index (χ2v) is 5.87. The van der Waals surface area contributed by atoms with Crippen LogP contribution >= 0.6 is 0 Å². The Morgan fingerprint density at radius 1 is 1.42 bits per heavy atom. The van der Waals surface area contributed by atoms with Crippen LogP contribution in [0.1, 0.15) is 40.0 Å². The minimum Gasteiger partial charge on any atom is -0.481 e. The highest BCUT2D eigenvalue weighted by molar-refractivity contribution is 5.71. The van der Waals surface area contributed by atoms with Crippen LogP contribution in [0.25, 0.3) is 0 Å². The summed E-state index contributed by atoms with van der Waals surface area (Å²) in [5.74, 6) is -4.42. The number of carboxylic acid groups (broad SMARTS) is 1. The quantitative estimate of drug-likeness (QED) is 0.828. The monoisotopic (exact) mass is 279 g/mol.